The van der Waals surface area contributed by atoms with Gasteiger partial charge in [0.1, 0.15) is 36.3 Å². The van der Waals surface area contributed by atoms with E-state index in [2.05, 4.69) is 54.5 Å². The van der Waals surface area contributed by atoms with Crippen LogP contribution in [-0.2, 0) is 49.6 Å². The molecule has 0 unspecified atom stereocenters. The van der Waals surface area contributed by atoms with Crippen molar-refractivity contribution in [1.29, 1.82) is 0 Å². The summed E-state index contributed by atoms with van der Waals surface area (Å²) in [4.78, 5) is 120. The number of aliphatic carboxylic acids is 2. The topological polar surface area (TPSA) is 367 Å². The van der Waals surface area contributed by atoms with Crippen LogP contribution in [0.15, 0.2) is 12.5 Å². The quantitative estimate of drug-likeness (QED) is 0.0464. The van der Waals surface area contributed by atoms with Gasteiger partial charge in [0, 0.05) is 30.5 Å². The largest absolute Gasteiger partial charge is 0.481 e. The van der Waals surface area contributed by atoms with E-state index in [1.54, 1.807) is 13.8 Å². The molecule has 53 heavy (non-hydrogen) atoms. The highest BCUT2D eigenvalue weighted by Gasteiger charge is 2.35. The Hall–Kier alpha value is -5.29. The van der Waals surface area contributed by atoms with Crippen molar-refractivity contribution in [3.63, 3.8) is 0 Å². The Morgan fingerprint density at radius 3 is 1.81 bits per heavy atom. The van der Waals surface area contributed by atoms with E-state index in [0.29, 0.717) is 5.69 Å². The summed E-state index contributed by atoms with van der Waals surface area (Å²) < 4.78 is 0. The molecule has 1 rings (SSSR count). The molecule has 0 fully saturated rings. The molecule has 23 heteroatoms. The van der Waals surface area contributed by atoms with Gasteiger partial charge in [-0.3, -0.25) is 38.4 Å². The third-order valence-corrected chi connectivity index (χ3v) is 7.93. The molecule has 296 valence electrons. The van der Waals surface area contributed by atoms with Crippen LogP contribution in [0.5, 0.6) is 0 Å². The number of carbonyl (C=O) groups excluding carboxylic acids is 7. The van der Waals surface area contributed by atoms with Gasteiger partial charge in [0.15, 0.2) is 0 Å². The number of imidazole rings is 1. The number of H-pyrrole nitrogens is 1. The van der Waals surface area contributed by atoms with Crippen molar-refractivity contribution in [2.45, 2.75) is 102 Å². The predicted molar refractivity (Wildman–Crippen MR) is 186 cm³/mol. The van der Waals surface area contributed by atoms with Gasteiger partial charge in [-0.2, -0.15) is 12.6 Å². The number of nitrogens with one attached hydrogen (secondary N) is 7. The van der Waals surface area contributed by atoms with Crippen LogP contribution < -0.4 is 43.4 Å². The van der Waals surface area contributed by atoms with Crippen molar-refractivity contribution in [3.05, 3.63) is 18.2 Å². The fourth-order valence-corrected chi connectivity index (χ4v) is 4.65. The summed E-state index contributed by atoms with van der Waals surface area (Å²) >= 11 is 3.85. The van der Waals surface area contributed by atoms with Gasteiger partial charge >= 0.3 is 11.9 Å². The average Bonchev–Trinajstić information content (AvgIpc) is 3.58. The summed E-state index contributed by atoms with van der Waals surface area (Å²) in [6.07, 6.45) is -1.13. The summed E-state index contributed by atoms with van der Waals surface area (Å²) in [6.45, 7) is 5.64. The molecule has 0 aromatic carbocycles. The smallest absolute Gasteiger partial charge is 0.327 e. The van der Waals surface area contributed by atoms with E-state index in [1.807, 2.05) is 0 Å². The second-order valence-electron chi connectivity index (χ2n) is 12.4. The molecule has 0 aliphatic heterocycles. The zero-order valence-electron chi connectivity index (χ0n) is 29.5. The molecule has 14 N–H and O–H groups in total. The van der Waals surface area contributed by atoms with Crippen molar-refractivity contribution in [2.75, 3.05) is 5.75 Å². The molecular weight excluding hydrogens is 724 g/mol. The van der Waals surface area contributed by atoms with E-state index >= 15 is 0 Å². The summed E-state index contributed by atoms with van der Waals surface area (Å²) in [5.74, 6) is -10.4. The lowest BCUT2D eigenvalue weighted by molar-refractivity contribution is -0.141. The standard InChI is InChI=1S/C30H48N10O12S/c1-12(2)22(32)28(49)36-16(5-6-21(43)44)25(46)38-18(8-20(31)42)26(47)37-17(7-15-9-33-11-34-15)27(48)40-23(14(4)41)29(50)35-13(3)24(45)39-19(10-53)30(51)52/h9,11-14,16-19,22-23,41,53H,5-8,10,32H2,1-4H3,(H2,31,42)(H,33,34)(H,35,50)(H,36,49)(H,37,47)(H,38,46)(H,39,45)(H,40,48)(H,43,44)(H,51,52)/t13-,14+,16-,17-,18-,19-,22-,23-/m0/s1. The molecule has 0 aliphatic rings. The minimum absolute atomic E-state index is 0.254. The van der Waals surface area contributed by atoms with E-state index < -0.39 is 121 Å². The van der Waals surface area contributed by atoms with Crippen LogP contribution in [0.2, 0.25) is 0 Å². The highest BCUT2D eigenvalue weighted by molar-refractivity contribution is 7.80. The number of nitrogens with zero attached hydrogens (tertiary/aromatic N) is 1. The summed E-state index contributed by atoms with van der Waals surface area (Å²) in [5, 5.41) is 42.3. The molecule has 0 spiro atoms. The number of aliphatic hydroxyl groups is 1. The number of hydrogen-bond acceptors (Lipinski definition) is 13. The fourth-order valence-electron chi connectivity index (χ4n) is 4.40. The second-order valence-corrected chi connectivity index (χ2v) is 12.7. The maximum Gasteiger partial charge on any atom is 0.327 e. The van der Waals surface area contributed by atoms with Crippen molar-refractivity contribution in [1.82, 2.24) is 41.9 Å². The highest BCUT2D eigenvalue weighted by Crippen LogP contribution is 2.07. The third-order valence-electron chi connectivity index (χ3n) is 7.56. The third kappa shape index (κ3) is 15.9. The Morgan fingerprint density at radius 2 is 1.32 bits per heavy atom. The van der Waals surface area contributed by atoms with E-state index in [4.69, 9.17) is 21.7 Å². The van der Waals surface area contributed by atoms with Crippen LogP contribution in [-0.4, -0.2) is 133 Å². The Kier molecular flexibility index (Phi) is 18.9. The lowest BCUT2D eigenvalue weighted by atomic mass is 10.0. The molecule has 8 atom stereocenters. The number of thiol groups is 1. The first-order valence-electron chi connectivity index (χ1n) is 16.2. The Bertz CT molecular complexity index is 1480. The van der Waals surface area contributed by atoms with Crippen LogP contribution in [0.4, 0.5) is 0 Å². The normalized spacial score (nSPS) is 15.5. The zero-order chi connectivity index (χ0) is 40.6. The first-order valence-corrected chi connectivity index (χ1v) is 16.9. The summed E-state index contributed by atoms with van der Waals surface area (Å²) in [6, 6.07) is -10.4. The Labute approximate surface area is 309 Å². The molecular formula is C30H48N10O12S. The highest BCUT2D eigenvalue weighted by atomic mass is 32.1. The van der Waals surface area contributed by atoms with Gasteiger partial charge in [0.25, 0.3) is 0 Å². The number of aromatic nitrogens is 2. The van der Waals surface area contributed by atoms with Crippen molar-refractivity contribution < 1.29 is 58.5 Å². The molecule has 0 bridgehead atoms. The molecule has 0 saturated carbocycles. The number of aliphatic hydroxyl groups excluding tert-OH is 1. The van der Waals surface area contributed by atoms with Crippen LogP contribution >= 0.6 is 12.6 Å². The number of carboxylic acids is 2. The molecule has 0 saturated heterocycles. The maximum atomic E-state index is 13.6. The van der Waals surface area contributed by atoms with Crippen molar-refractivity contribution in [3.8, 4) is 0 Å². The number of carboxylic acid groups (broad SMARTS) is 2. The first-order chi connectivity index (χ1) is 24.7. The predicted octanol–water partition coefficient (Wildman–Crippen LogP) is -5.00. The van der Waals surface area contributed by atoms with E-state index in [9.17, 15) is 48.3 Å². The Morgan fingerprint density at radius 1 is 0.774 bits per heavy atom. The number of carbonyl (C=O) groups is 9. The summed E-state index contributed by atoms with van der Waals surface area (Å²) in [7, 11) is 0. The van der Waals surface area contributed by atoms with E-state index in [0.717, 1.165) is 6.92 Å². The number of aromatic amines is 1. The van der Waals surface area contributed by atoms with E-state index in [-0.39, 0.29) is 18.1 Å². The second kappa shape index (κ2) is 21.9. The minimum Gasteiger partial charge on any atom is -0.481 e. The van der Waals surface area contributed by atoms with Gasteiger partial charge in [0.2, 0.25) is 41.4 Å². The number of rotatable bonds is 23. The van der Waals surface area contributed by atoms with Crippen molar-refractivity contribution >= 4 is 65.9 Å². The lowest BCUT2D eigenvalue weighted by Crippen LogP contribution is -2.62. The molecule has 0 radical (unpaired) electrons. The number of amides is 7. The fraction of sp³-hybridized carbons (Fsp3) is 0.600. The lowest BCUT2D eigenvalue weighted by Gasteiger charge is -2.27. The SMILES string of the molecule is CC(C)[C@H](N)C(=O)N[C@@H](CCC(=O)O)C(=O)N[C@@H](CC(N)=O)C(=O)N[C@@H](Cc1cnc[nH]1)C(=O)N[C@H](C(=O)N[C@@H](C)C(=O)N[C@@H](CS)C(=O)O)[C@@H](C)O. The minimum atomic E-state index is -1.76. The van der Waals surface area contributed by atoms with Crippen LogP contribution in [0.3, 0.4) is 0 Å². The zero-order valence-corrected chi connectivity index (χ0v) is 30.3. The monoisotopic (exact) mass is 772 g/mol. The molecule has 22 nitrogen and oxygen atoms in total. The van der Waals surface area contributed by atoms with Crippen molar-refractivity contribution in [2.24, 2.45) is 17.4 Å². The number of nitrogens with two attached hydrogens (primary N) is 2. The van der Waals surface area contributed by atoms with Gasteiger partial charge < -0.3 is 63.7 Å². The first kappa shape index (κ1) is 45.7. The van der Waals surface area contributed by atoms with Gasteiger partial charge in [-0.15, -0.1) is 0 Å². The van der Waals surface area contributed by atoms with Gasteiger partial charge in [-0.1, -0.05) is 13.8 Å². The molecule has 7 amide bonds. The van der Waals surface area contributed by atoms with E-state index in [1.165, 1.54) is 19.4 Å². The van der Waals surface area contributed by atoms with Gasteiger partial charge in [0.05, 0.1) is 24.9 Å². The van der Waals surface area contributed by atoms with Crippen LogP contribution in [0, 0.1) is 5.92 Å². The van der Waals surface area contributed by atoms with Crippen LogP contribution in [0.25, 0.3) is 0 Å². The summed E-state index contributed by atoms with van der Waals surface area (Å²) in [5.41, 5.74) is 11.5. The number of hydrogen-bond donors (Lipinski definition) is 13. The van der Waals surface area contributed by atoms with Gasteiger partial charge in [-0.25, -0.2) is 9.78 Å². The molecule has 1 aromatic rings. The Balaban J connectivity index is 3.29. The molecule has 0 aliphatic carbocycles. The number of primary amides is 1. The van der Waals surface area contributed by atoms with Gasteiger partial charge in [-0.05, 0) is 26.2 Å². The van der Waals surface area contributed by atoms with Crippen LogP contribution in [0.1, 0.15) is 52.7 Å². The molecule has 1 heterocycles. The maximum absolute atomic E-state index is 13.6. The average molecular weight is 773 g/mol. The molecule has 1 aromatic heterocycles.